The van der Waals surface area contributed by atoms with E-state index in [9.17, 15) is 18.6 Å². The van der Waals surface area contributed by atoms with E-state index in [4.69, 9.17) is 25.2 Å². The highest BCUT2D eigenvalue weighted by Gasteiger charge is 2.41. The molecule has 0 amide bonds. The fourth-order valence-corrected chi connectivity index (χ4v) is 5.62. The SMILES string of the molecule is Nc1ncnc2c1ncn2[C@H]1CCC(COP(=O)(O)OP(=O)(O)OP(=O)(O)O)O1. The fraction of sp³-hybridized carbons (Fsp3) is 0.500. The normalized spacial score (nSPS) is 24.4. The number of fused-ring (bicyclic) bond motifs is 1. The summed E-state index contributed by atoms with van der Waals surface area (Å²) >= 11 is 0. The second kappa shape index (κ2) is 8.10. The van der Waals surface area contributed by atoms with E-state index < -0.39 is 42.4 Å². The second-order valence-electron chi connectivity index (χ2n) is 5.76. The molecule has 0 radical (unpaired) electrons. The molecule has 3 unspecified atom stereocenters. The summed E-state index contributed by atoms with van der Waals surface area (Å²) in [4.78, 5) is 47.6. The lowest BCUT2D eigenvalue weighted by Crippen LogP contribution is -2.16. The van der Waals surface area contributed by atoms with E-state index in [0.29, 0.717) is 24.0 Å². The molecule has 1 aliphatic rings. The van der Waals surface area contributed by atoms with Crippen LogP contribution in [0.15, 0.2) is 12.7 Å². The first-order chi connectivity index (χ1) is 13.4. The van der Waals surface area contributed by atoms with Gasteiger partial charge in [0, 0.05) is 0 Å². The maximum atomic E-state index is 11.7. The van der Waals surface area contributed by atoms with Gasteiger partial charge < -0.3 is 30.0 Å². The van der Waals surface area contributed by atoms with Crippen LogP contribution in [0.3, 0.4) is 0 Å². The molecule has 2 aromatic rings. The molecule has 2 aromatic heterocycles. The van der Waals surface area contributed by atoms with Gasteiger partial charge in [0.25, 0.3) is 0 Å². The van der Waals surface area contributed by atoms with Crippen molar-refractivity contribution < 1.29 is 51.2 Å². The van der Waals surface area contributed by atoms with Crippen LogP contribution >= 0.6 is 23.5 Å². The predicted octanol–water partition coefficient (Wildman–Crippen LogP) is 0.429. The molecule has 3 heterocycles. The number of imidazole rings is 1. The van der Waals surface area contributed by atoms with E-state index in [2.05, 4.69) is 28.1 Å². The highest BCUT2D eigenvalue weighted by atomic mass is 31.3. The Bertz CT molecular complexity index is 1040. The number of hydrogen-bond acceptors (Lipinski definition) is 11. The third-order valence-corrected chi connectivity index (χ3v) is 7.42. The van der Waals surface area contributed by atoms with Crippen LogP contribution in [-0.4, -0.2) is 51.8 Å². The number of phosphoric acid groups is 3. The molecule has 162 valence electrons. The first-order valence-corrected chi connectivity index (χ1v) is 12.2. The number of hydrogen-bond donors (Lipinski definition) is 5. The summed E-state index contributed by atoms with van der Waals surface area (Å²) in [5, 5.41) is 0. The van der Waals surface area contributed by atoms with Crippen LogP contribution in [0.1, 0.15) is 19.1 Å². The zero-order valence-corrected chi connectivity index (χ0v) is 17.0. The summed E-state index contributed by atoms with van der Waals surface area (Å²) in [7, 11) is -16.2. The molecule has 16 nitrogen and oxygen atoms in total. The van der Waals surface area contributed by atoms with Crippen molar-refractivity contribution in [2.24, 2.45) is 0 Å². The molecule has 0 spiro atoms. The number of phosphoric ester groups is 1. The largest absolute Gasteiger partial charge is 0.490 e. The molecule has 1 saturated heterocycles. The quantitative estimate of drug-likeness (QED) is 0.325. The summed E-state index contributed by atoms with van der Waals surface area (Å²) in [6.07, 6.45) is 2.30. The molecular formula is C10H16N5O11P3. The van der Waals surface area contributed by atoms with Crippen molar-refractivity contribution in [3.8, 4) is 0 Å². The average molecular weight is 475 g/mol. The monoisotopic (exact) mass is 475 g/mol. The van der Waals surface area contributed by atoms with E-state index in [1.54, 1.807) is 4.57 Å². The highest BCUT2D eigenvalue weighted by molar-refractivity contribution is 7.66. The third kappa shape index (κ3) is 5.87. The van der Waals surface area contributed by atoms with Gasteiger partial charge in [0.15, 0.2) is 11.5 Å². The number of aromatic nitrogens is 4. The number of rotatable bonds is 8. The maximum absolute atomic E-state index is 11.7. The molecule has 6 N–H and O–H groups in total. The third-order valence-electron chi connectivity index (χ3n) is 3.62. The van der Waals surface area contributed by atoms with Gasteiger partial charge in [0.1, 0.15) is 18.1 Å². The topological polar surface area (TPSA) is 239 Å². The number of ether oxygens (including phenoxy) is 1. The summed E-state index contributed by atoms with van der Waals surface area (Å²) < 4.78 is 52.7. The van der Waals surface area contributed by atoms with Gasteiger partial charge in [0.05, 0.1) is 19.0 Å². The zero-order valence-electron chi connectivity index (χ0n) is 14.3. The van der Waals surface area contributed by atoms with E-state index in [-0.39, 0.29) is 5.82 Å². The minimum Gasteiger partial charge on any atom is -0.382 e. The molecule has 1 aliphatic heterocycles. The second-order valence-corrected chi connectivity index (χ2v) is 10.2. The van der Waals surface area contributed by atoms with E-state index >= 15 is 0 Å². The molecular weight excluding hydrogens is 459 g/mol. The van der Waals surface area contributed by atoms with E-state index in [0.717, 1.165) is 0 Å². The van der Waals surface area contributed by atoms with Gasteiger partial charge >= 0.3 is 23.5 Å². The summed E-state index contributed by atoms with van der Waals surface area (Å²) in [6, 6.07) is 0. The lowest BCUT2D eigenvalue weighted by atomic mass is 10.2. The highest BCUT2D eigenvalue weighted by Crippen LogP contribution is 2.66. The van der Waals surface area contributed by atoms with Crippen molar-refractivity contribution in [3.63, 3.8) is 0 Å². The zero-order chi connectivity index (χ0) is 21.4. The van der Waals surface area contributed by atoms with Gasteiger partial charge in [-0.3, -0.25) is 9.09 Å². The summed E-state index contributed by atoms with van der Waals surface area (Å²) in [5.74, 6) is 0.191. The molecule has 29 heavy (non-hydrogen) atoms. The Hall–Kier alpha value is -1.28. The van der Waals surface area contributed by atoms with Crippen LogP contribution in [0.25, 0.3) is 11.2 Å². The molecule has 1 fully saturated rings. The molecule has 0 saturated carbocycles. The molecule has 19 heteroatoms. The first kappa shape index (κ1) is 22.4. The van der Waals surface area contributed by atoms with Crippen molar-refractivity contribution in [1.82, 2.24) is 19.5 Å². The number of nitrogens with zero attached hydrogens (tertiary/aromatic N) is 4. The standard InChI is InChI=1S/C10H16N5O11P3/c11-9-8-10(13-4-12-9)15(5-14-8)7-2-1-6(24-7)3-23-28(19,20)26-29(21,22)25-27(16,17)18/h4-7H,1-3H2,(H,19,20)(H,21,22)(H2,11,12,13)(H2,16,17,18)/t6?,7-/m1/s1. The number of nitrogens with two attached hydrogens (primary N) is 1. The number of nitrogen functional groups attached to an aromatic ring is 1. The van der Waals surface area contributed by atoms with Gasteiger partial charge in [-0.25, -0.2) is 28.6 Å². The average Bonchev–Trinajstić information content (AvgIpc) is 3.16. The molecule has 4 atom stereocenters. The molecule has 0 aliphatic carbocycles. The van der Waals surface area contributed by atoms with Crippen molar-refractivity contribution in [3.05, 3.63) is 12.7 Å². The maximum Gasteiger partial charge on any atom is 0.490 e. The van der Waals surface area contributed by atoms with Crippen LogP contribution in [0.2, 0.25) is 0 Å². The Morgan fingerprint density at radius 3 is 2.52 bits per heavy atom. The van der Waals surface area contributed by atoms with Crippen LogP contribution in [0, 0.1) is 0 Å². The Morgan fingerprint density at radius 1 is 1.10 bits per heavy atom. The van der Waals surface area contributed by atoms with Gasteiger partial charge in [-0.1, -0.05) is 0 Å². The predicted molar refractivity (Wildman–Crippen MR) is 92.7 cm³/mol. The smallest absolute Gasteiger partial charge is 0.382 e. The van der Waals surface area contributed by atoms with Gasteiger partial charge in [-0.15, -0.1) is 0 Å². The van der Waals surface area contributed by atoms with Crippen molar-refractivity contribution >= 4 is 40.4 Å². The summed E-state index contributed by atoms with van der Waals surface area (Å²) in [6.45, 7) is -0.524. The van der Waals surface area contributed by atoms with Gasteiger partial charge in [0.2, 0.25) is 0 Å². The number of anilines is 1. The molecule has 3 rings (SSSR count). The Labute approximate surface area is 162 Å². The fourth-order valence-electron chi connectivity index (χ4n) is 2.58. The summed E-state index contributed by atoms with van der Waals surface area (Å²) in [5.41, 5.74) is 6.53. The molecule has 0 bridgehead atoms. The van der Waals surface area contributed by atoms with Gasteiger partial charge in [-0.2, -0.15) is 8.62 Å². The van der Waals surface area contributed by atoms with Crippen molar-refractivity contribution in [1.29, 1.82) is 0 Å². The van der Waals surface area contributed by atoms with Gasteiger partial charge in [-0.05, 0) is 12.8 Å². The van der Waals surface area contributed by atoms with Crippen LogP contribution < -0.4 is 5.73 Å². The molecule has 0 aromatic carbocycles. The van der Waals surface area contributed by atoms with E-state index in [1.165, 1.54) is 12.7 Å². The van der Waals surface area contributed by atoms with Crippen molar-refractivity contribution in [2.45, 2.75) is 25.2 Å². The lowest BCUT2D eigenvalue weighted by molar-refractivity contribution is -0.0205. The first-order valence-electron chi connectivity index (χ1n) is 7.72. The minimum atomic E-state index is -5.56. The Morgan fingerprint density at radius 2 is 1.83 bits per heavy atom. The van der Waals surface area contributed by atoms with Crippen molar-refractivity contribution in [2.75, 3.05) is 12.3 Å². The van der Waals surface area contributed by atoms with Crippen LogP contribution in [-0.2, 0) is 31.6 Å². The lowest BCUT2D eigenvalue weighted by Gasteiger charge is -2.18. The Kier molecular flexibility index (Phi) is 6.26. The van der Waals surface area contributed by atoms with E-state index in [1.807, 2.05) is 0 Å². The minimum absolute atomic E-state index is 0.191. The Balaban J connectivity index is 1.58. The van der Waals surface area contributed by atoms with Crippen LogP contribution in [0.5, 0.6) is 0 Å². The van der Waals surface area contributed by atoms with Crippen LogP contribution in [0.4, 0.5) is 5.82 Å².